The van der Waals surface area contributed by atoms with Crippen LogP contribution in [0.2, 0.25) is 0 Å². The van der Waals surface area contributed by atoms with Crippen molar-refractivity contribution >= 4 is 16.7 Å². The van der Waals surface area contributed by atoms with E-state index in [1.165, 1.54) is 13.0 Å². The highest BCUT2D eigenvalue weighted by atomic mass is 15.3. The van der Waals surface area contributed by atoms with E-state index in [1.54, 1.807) is 0 Å². The number of hydrogen-bond donors (Lipinski definition) is 1. The number of hydrogen-bond acceptors (Lipinski definition) is 4. The van der Waals surface area contributed by atoms with E-state index in [0.717, 1.165) is 29.0 Å². The Morgan fingerprint density at radius 1 is 1.40 bits per heavy atom. The molecule has 0 saturated carbocycles. The summed E-state index contributed by atoms with van der Waals surface area (Å²) in [6, 6.07) is 3.32. The van der Waals surface area contributed by atoms with Gasteiger partial charge in [-0.2, -0.15) is 5.10 Å². The van der Waals surface area contributed by atoms with Gasteiger partial charge in [0.1, 0.15) is 0 Å². The Kier molecular flexibility index (Phi) is 3.38. The molecule has 1 fully saturated rings. The van der Waals surface area contributed by atoms with E-state index < -0.39 is 0 Å². The first-order chi connectivity index (χ1) is 9.54. The van der Waals surface area contributed by atoms with Gasteiger partial charge < -0.3 is 5.32 Å². The molecule has 2 aromatic rings. The van der Waals surface area contributed by atoms with Gasteiger partial charge in [-0.15, -0.1) is 0 Å². The number of pyridine rings is 1. The van der Waals surface area contributed by atoms with Crippen LogP contribution in [0.4, 0.5) is 5.69 Å². The molecule has 108 valence electrons. The van der Waals surface area contributed by atoms with Gasteiger partial charge >= 0.3 is 0 Å². The number of aromatic nitrogens is 3. The lowest BCUT2D eigenvalue weighted by Gasteiger charge is -2.20. The van der Waals surface area contributed by atoms with Crippen LogP contribution in [0.1, 0.15) is 26.0 Å². The van der Waals surface area contributed by atoms with Gasteiger partial charge in [0.25, 0.3) is 0 Å². The summed E-state index contributed by atoms with van der Waals surface area (Å²) in [5.74, 6) is 0. The zero-order valence-electron chi connectivity index (χ0n) is 12.7. The standard InChI is InChI=1S/C15H23N5/c1-10(2)20-6-5-12(9-20)17-13-7-14-11(3)18-19(4)15(14)16-8-13/h7-8,10,12,17H,5-6,9H2,1-4H3. The number of fused-ring (bicyclic) bond motifs is 1. The van der Waals surface area contributed by atoms with Gasteiger partial charge in [-0.1, -0.05) is 0 Å². The van der Waals surface area contributed by atoms with Gasteiger partial charge in [-0.05, 0) is 33.3 Å². The van der Waals surface area contributed by atoms with Gasteiger partial charge in [0.05, 0.1) is 17.6 Å². The molecule has 1 unspecified atom stereocenters. The van der Waals surface area contributed by atoms with E-state index in [9.17, 15) is 0 Å². The number of rotatable bonds is 3. The Morgan fingerprint density at radius 3 is 2.90 bits per heavy atom. The fraction of sp³-hybridized carbons (Fsp3) is 0.600. The minimum atomic E-state index is 0.522. The van der Waals surface area contributed by atoms with Crippen LogP contribution >= 0.6 is 0 Å². The second kappa shape index (κ2) is 5.05. The third-order valence-electron chi connectivity index (χ3n) is 4.18. The van der Waals surface area contributed by atoms with Crippen molar-refractivity contribution in [2.24, 2.45) is 7.05 Å². The molecule has 5 nitrogen and oxygen atoms in total. The second-order valence-corrected chi connectivity index (χ2v) is 6.02. The SMILES string of the molecule is Cc1nn(C)c2ncc(NC3CCN(C(C)C)C3)cc12. The maximum absolute atomic E-state index is 4.52. The van der Waals surface area contributed by atoms with Crippen molar-refractivity contribution in [1.82, 2.24) is 19.7 Å². The van der Waals surface area contributed by atoms with E-state index in [2.05, 4.69) is 40.2 Å². The smallest absolute Gasteiger partial charge is 0.157 e. The fourth-order valence-electron chi connectivity index (χ4n) is 3.00. The summed E-state index contributed by atoms with van der Waals surface area (Å²) in [6.45, 7) is 8.84. The molecule has 1 N–H and O–H groups in total. The van der Waals surface area contributed by atoms with Crippen LogP contribution in [0.5, 0.6) is 0 Å². The second-order valence-electron chi connectivity index (χ2n) is 6.02. The van der Waals surface area contributed by atoms with E-state index >= 15 is 0 Å². The first-order valence-electron chi connectivity index (χ1n) is 7.34. The van der Waals surface area contributed by atoms with Gasteiger partial charge in [-0.25, -0.2) is 4.98 Å². The third-order valence-corrected chi connectivity index (χ3v) is 4.18. The van der Waals surface area contributed by atoms with Gasteiger partial charge in [0.2, 0.25) is 0 Å². The minimum Gasteiger partial charge on any atom is -0.380 e. The lowest BCUT2D eigenvalue weighted by atomic mass is 10.2. The maximum atomic E-state index is 4.52. The Morgan fingerprint density at radius 2 is 2.20 bits per heavy atom. The molecule has 0 amide bonds. The molecule has 5 heteroatoms. The molecular formula is C15H23N5. The number of nitrogens with zero attached hydrogens (tertiary/aromatic N) is 4. The van der Waals surface area contributed by atoms with Crippen molar-refractivity contribution in [3.63, 3.8) is 0 Å². The average Bonchev–Trinajstić information content (AvgIpc) is 2.96. The molecule has 3 rings (SSSR count). The molecule has 0 spiro atoms. The number of aryl methyl sites for hydroxylation is 2. The van der Waals surface area contributed by atoms with Crippen molar-refractivity contribution in [1.29, 1.82) is 0 Å². The molecule has 20 heavy (non-hydrogen) atoms. The van der Waals surface area contributed by atoms with Crippen LogP contribution in [0.15, 0.2) is 12.3 Å². The quantitative estimate of drug-likeness (QED) is 0.931. The fourth-order valence-corrected chi connectivity index (χ4v) is 3.00. The molecule has 1 atom stereocenters. The third kappa shape index (κ3) is 2.38. The van der Waals surface area contributed by atoms with Crippen molar-refractivity contribution in [3.8, 4) is 0 Å². The Balaban J connectivity index is 1.77. The van der Waals surface area contributed by atoms with Crippen LogP contribution in [0.3, 0.4) is 0 Å². The van der Waals surface area contributed by atoms with E-state index in [-0.39, 0.29) is 0 Å². The summed E-state index contributed by atoms with van der Waals surface area (Å²) in [6.07, 6.45) is 3.11. The van der Waals surface area contributed by atoms with Gasteiger partial charge in [-0.3, -0.25) is 9.58 Å². The van der Waals surface area contributed by atoms with Crippen LogP contribution in [-0.4, -0.2) is 44.8 Å². The highest BCUT2D eigenvalue weighted by Crippen LogP contribution is 2.22. The monoisotopic (exact) mass is 273 g/mol. The molecule has 1 aliphatic heterocycles. The van der Waals surface area contributed by atoms with Crippen molar-refractivity contribution < 1.29 is 0 Å². The first-order valence-corrected chi connectivity index (χ1v) is 7.34. The summed E-state index contributed by atoms with van der Waals surface area (Å²) >= 11 is 0. The zero-order valence-corrected chi connectivity index (χ0v) is 12.7. The molecule has 3 heterocycles. The first kappa shape index (κ1) is 13.4. The predicted molar refractivity (Wildman–Crippen MR) is 82.0 cm³/mol. The number of anilines is 1. The Bertz CT molecular complexity index is 616. The Hall–Kier alpha value is -1.62. The van der Waals surface area contributed by atoms with Gasteiger partial charge in [0, 0.05) is 37.6 Å². The molecule has 1 saturated heterocycles. The number of likely N-dealkylation sites (tertiary alicyclic amines) is 1. The van der Waals surface area contributed by atoms with E-state index in [0.29, 0.717) is 12.1 Å². The lowest BCUT2D eigenvalue weighted by Crippen LogP contribution is -2.31. The number of nitrogens with one attached hydrogen (secondary N) is 1. The van der Waals surface area contributed by atoms with Crippen LogP contribution in [0, 0.1) is 6.92 Å². The normalized spacial score (nSPS) is 20.1. The zero-order chi connectivity index (χ0) is 14.3. The van der Waals surface area contributed by atoms with Crippen LogP contribution in [0.25, 0.3) is 11.0 Å². The molecule has 0 bridgehead atoms. The summed E-state index contributed by atoms with van der Waals surface area (Å²) in [7, 11) is 1.94. The van der Waals surface area contributed by atoms with Crippen molar-refractivity contribution in [2.75, 3.05) is 18.4 Å². The summed E-state index contributed by atoms with van der Waals surface area (Å²) in [5.41, 5.74) is 3.08. The maximum Gasteiger partial charge on any atom is 0.157 e. The predicted octanol–water partition coefficient (Wildman–Crippen LogP) is 2.17. The topological polar surface area (TPSA) is 46.0 Å². The van der Waals surface area contributed by atoms with E-state index in [4.69, 9.17) is 0 Å². The van der Waals surface area contributed by atoms with E-state index in [1.807, 2.05) is 24.9 Å². The lowest BCUT2D eigenvalue weighted by molar-refractivity contribution is 0.274. The molecule has 0 aliphatic carbocycles. The molecule has 2 aromatic heterocycles. The highest BCUT2D eigenvalue weighted by Gasteiger charge is 2.24. The average molecular weight is 273 g/mol. The van der Waals surface area contributed by atoms with Crippen molar-refractivity contribution in [3.05, 3.63) is 18.0 Å². The largest absolute Gasteiger partial charge is 0.380 e. The highest BCUT2D eigenvalue weighted by molar-refractivity contribution is 5.81. The minimum absolute atomic E-state index is 0.522. The molecule has 0 radical (unpaired) electrons. The summed E-state index contributed by atoms with van der Waals surface area (Å²) < 4.78 is 1.84. The van der Waals surface area contributed by atoms with Crippen LogP contribution in [-0.2, 0) is 7.05 Å². The molecule has 1 aliphatic rings. The Labute approximate surface area is 120 Å². The van der Waals surface area contributed by atoms with Crippen LogP contribution < -0.4 is 5.32 Å². The molecule has 0 aromatic carbocycles. The summed E-state index contributed by atoms with van der Waals surface area (Å²) in [5, 5.41) is 9.17. The van der Waals surface area contributed by atoms with Gasteiger partial charge in [0.15, 0.2) is 5.65 Å². The summed E-state index contributed by atoms with van der Waals surface area (Å²) in [4.78, 5) is 7.03. The molecular weight excluding hydrogens is 250 g/mol. The van der Waals surface area contributed by atoms with Crippen molar-refractivity contribution in [2.45, 2.75) is 39.3 Å².